The van der Waals surface area contributed by atoms with Crippen LogP contribution < -0.4 is 5.32 Å². The zero-order valence-corrected chi connectivity index (χ0v) is 13.4. The fourth-order valence-electron chi connectivity index (χ4n) is 3.02. The van der Waals surface area contributed by atoms with Gasteiger partial charge in [-0.2, -0.15) is 11.8 Å². The molecule has 1 N–H and O–H groups in total. The third kappa shape index (κ3) is 4.54. The average Bonchev–Trinajstić information content (AvgIpc) is 2.86. The molecule has 0 amide bonds. The Morgan fingerprint density at radius 1 is 1.16 bits per heavy atom. The van der Waals surface area contributed by atoms with Gasteiger partial charge in [-0.1, -0.05) is 49.1 Å². The fourth-order valence-corrected chi connectivity index (χ4v) is 4.46. The van der Waals surface area contributed by atoms with Crippen LogP contribution in [0.4, 0.5) is 0 Å². The molecule has 1 aliphatic rings. The Balaban J connectivity index is 2.00. The summed E-state index contributed by atoms with van der Waals surface area (Å²) >= 11 is 2.18. The third-order valence-electron chi connectivity index (χ3n) is 3.90. The Morgan fingerprint density at radius 2 is 1.79 bits per heavy atom. The van der Waals surface area contributed by atoms with Crippen LogP contribution in [0.25, 0.3) is 0 Å². The van der Waals surface area contributed by atoms with Crippen molar-refractivity contribution in [2.24, 2.45) is 0 Å². The molecule has 1 saturated carbocycles. The number of hydrogen-bond acceptors (Lipinski definition) is 2. The first-order chi connectivity index (χ1) is 9.19. The molecule has 0 radical (unpaired) electrons. The monoisotopic (exact) mass is 277 g/mol. The Hall–Kier alpha value is -0.470. The summed E-state index contributed by atoms with van der Waals surface area (Å²) in [6.45, 7) is 7.64. The molecule has 0 saturated heterocycles. The number of benzene rings is 1. The van der Waals surface area contributed by atoms with Crippen LogP contribution >= 0.6 is 11.8 Å². The van der Waals surface area contributed by atoms with Crippen molar-refractivity contribution >= 4 is 11.8 Å². The van der Waals surface area contributed by atoms with Gasteiger partial charge in [-0.3, -0.25) is 0 Å². The highest BCUT2D eigenvalue weighted by atomic mass is 32.2. The minimum absolute atomic E-state index is 0.509. The molecule has 19 heavy (non-hydrogen) atoms. The van der Waals surface area contributed by atoms with Crippen molar-refractivity contribution in [3.05, 3.63) is 34.9 Å². The highest BCUT2D eigenvalue weighted by Crippen LogP contribution is 2.32. The second kappa shape index (κ2) is 7.35. The molecule has 0 aliphatic heterocycles. The summed E-state index contributed by atoms with van der Waals surface area (Å²) in [6.07, 6.45) is 5.73. The van der Waals surface area contributed by atoms with Crippen molar-refractivity contribution in [1.29, 1.82) is 0 Å². The molecule has 1 nitrogen and oxygen atoms in total. The van der Waals surface area contributed by atoms with Gasteiger partial charge in [0.2, 0.25) is 0 Å². The topological polar surface area (TPSA) is 12.0 Å². The number of aryl methyl sites for hydroxylation is 2. The van der Waals surface area contributed by atoms with Crippen LogP contribution in [-0.4, -0.2) is 17.5 Å². The van der Waals surface area contributed by atoms with Crippen molar-refractivity contribution in [3.8, 4) is 0 Å². The summed E-state index contributed by atoms with van der Waals surface area (Å²) in [5.74, 6) is 1.21. The standard InChI is InChI=1S/C17H27NS/c1-4-18-17(12-19-16-7-5-6-8-16)15-10-13(2)9-14(3)11-15/h9-11,16-18H,4-8,12H2,1-3H3. The largest absolute Gasteiger partial charge is 0.310 e. The molecule has 1 unspecified atom stereocenters. The number of thioether (sulfide) groups is 1. The lowest BCUT2D eigenvalue weighted by Crippen LogP contribution is -2.24. The van der Waals surface area contributed by atoms with Crippen LogP contribution in [0.3, 0.4) is 0 Å². The molecule has 1 aromatic rings. The third-order valence-corrected chi connectivity index (χ3v) is 5.37. The van der Waals surface area contributed by atoms with Crippen LogP contribution in [0, 0.1) is 13.8 Å². The summed E-state index contributed by atoms with van der Waals surface area (Å²) in [6, 6.07) is 7.45. The van der Waals surface area contributed by atoms with E-state index in [4.69, 9.17) is 0 Å². The van der Waals surface area contributed by atoms with Crippen molar-refractivity contribution in [1.82, 2.24) is 5.32 Å². The lowest BCUT2D eigenvalue weighted by atomic mass is 10.0. The van der Waals surface area contributed by atoms with Crippen LogP contribution in [0.5, 0.6) is 0 Å². The van der Waals surface area contributed by atoms with E-state index in [1.165, 1.54) is 48.1 Å². The summed E-state index contributed by atoms with van der Waals surface area (Å²) in [4.78, 5) is 0. The van der Waals surface area contributed by atoms with E-state index in [1.807, 2.05) is 0 Å². The quantitative estimate of drug-likeness (QED) is 0.813. The predicted octanol–water partition coefficient (Wildman–Crippen LogP) is 4.63. The van der Waals surface area contributed by atoms with Gasteiger partial charge in [-0.05, 0) is 38.8 Å². The molecule has 0 spiro atoms. The van der Waals surface area contributed by atoms with Crippen molar-refractivity contribution < 1.29 is 0 Å². The van der Waals surface area contributed by atoms with Gasteiger partial charge < -0.3 is 5.32 Å². The first-order valence-corrected chi connectivity index (χ1v) is 8.67. The van der Waals surface area contributed by atoms with Crippen molar-refractivity contribution in [3.63, 3.8) is 0 Å². The first-order valence-electron chi connectivity index (χ1n) is 7.62. The molecular weight excluding hydrogens is 250 g/mol. The average molecular weight is 277 g/mol. The highest BCUT2D eigenvalue weighted by Gasteiger charge is 2.18. The van der Waals surface area contributed by atoms with E-state index in [0.29, 0.717) is 6.04 Å². The number of nitrogens with one attached hydrogen (secondary N) is 1. The molecule has 2 heteroatoms. The normalized spacial score (nSPS) is 17.8. The number of rotatable bonds is 6. The van der Waals surface area contributed by atoms with E-state index < -0.39 is 0 Å². The minimum atomic E-state index is 0.509. The van der Waals surface area contributed by atoms with Gasteiger partial charge in [0.1, 0.15) is 0 Å². The molecule has 1 aliphatic carbocycles. The van der Waals surface area contributed by atoms with Gasteiger partial charge in [0.15, 0.2) is 0 Å². The van der Waals surface area contributed by atoms with Gasteiger partial charge in [0.05, 0.1) is 0 Å². The predicted molar refractivity (Wildman–Crippen MR) is 87.0 cm³/mol. The van der Waals surface area contributed by atoms with E-state index in [1.54, 1.807) is 0 Å². The molecule has 1 aromatic carbocycles. The maximum Gasteiger partial charge on any atom is 0.0412 e. The molecule has 0 aromatic heterocycles. The molecule has 0 bridgehead atoms. The molecule has 0 heterocycles. The lowest BCUT2D eigenvalue weighted by molar-refractivity contribution is 0.604. The van der Waals surface area contributed by atoms with Crippen molar-refractivity contribution in [2.45, 2.75) is 57.7 Å². The summed E-state index contributed by atoms with van der Waals surface area (Å²) < 4.78 is 0. The van der Waals surface area contributed by atoms with Crippen LogP contribution in [-0.2, 0) is 0 Å². The summed E-state index contributed by atoms with van der Waals surface area (Å²) in [5.41, 5.74) is 4.22. The van der Waals surface area contributed by atoms with E-state index in [2.05, 4.69) is 56.0 Å². The van der Waals surface area contributed by atoms with Crippen molar-refractivity contribution in [2.75, 3.05) is 12.3 Å². The molecule has 1 fully saturated rings. The Labute approximate surface area is 122 Å². The van der Waals surface area contributed by atoms with Gasteiger partial charge in [-0.25, -0.2) is 0 Å². The smallest absolute Gasteiger partial charge is 0.0412 e. The van der Waals surface area contributed by atoms with E-state index in [-0.39, 0.29) is 0 Å². The Kier molecular flexibility index (Phi) is 5.77. The summed E-state index contributed by atoms with van der Waals surface area (Å²) in [7, 11) is 0. The molecule has 2 rings (SSSR count). The zero-order valence-electron chi connectivity index (χ0n) is 12.5. The maximum absolute atomic E-state index is 3.66. The molecular formula is C17H27NS. The van der Waals surface area contributed by atoms with Gasteiger partial charge >= 0.3 is 0 Å². The number of hydrogen-bond donors (Lipinski definition) is 1. The highest BCUT2D eigenvalue weighted by molar-refractivity contribution is 7.99. The Bertz CT molecular complexity index is 376. The lowest BCUT2D eigenvalue weighted by Gasteiger charge is -2.21. The molecule has 1 atom stereocenters. The van der Waals surface area contributed by atoms with Crippen LogP contribution in [0.2, 0.25) is 0 Å². The maximum atomic E-state index is 3.66. The van der Waals surface area contributed by atoms with Gasteiger partial charge in [0.25, 0.3) is 0 Å². The Morgan fingerprint density at radius 3 is 2.37 bits per heavy atom. The van der Waals surface area contributed by atoms with E-state index >= 15 is 0 Å². The van der Waals surface area contributed by atoms with Crippen LogP contribution in [0.15, 0.2) is 18.2 Å². The SMILES string of the molecule is CCNC(CSC1CCCC1)c1cc(C)cc(C)c1. The van der Waals surface area contributed by atoms with E-state index in [0.717, 1.165) is 11.8 Å². The molecule has 106 valence electrons. The minimum Gasteiger partial charge on any atom is -0.310 e. The first kappa shape index (κ1) is 14.9. The second-order valence-corrected chi connectivity index (χ2v) is 7.10. The van der Waals surface area contributed by atoms with Gasteiger partial charge in [-0.15, -0.1) is 0 Å². The fraction of sp³-hybridized carbons (Fsp3) is 0.647. The van der Waals surface area contributed by atoms with E-state index in [9.17, 15) is 0 Å². The summed E-state index contributed by atoms with van der Waals surface area (Å²) in [5, 5.41) is 4.57. The zero-order chi connectivity index (χ0) is 13.7. The second-order valence-electron chi connectivity index (χ2n) is 5.77. The van der Waals surface area contributed by atoms with Gasteiger partial charge in [0, 0.05) is 17.0 Å². The van der Waals surface area contributed by atoms with Crippen LogP contribution in [0.1, 0.15) is 55.3 Å².